The van der Waals surface area contributed by atoms with Crippen LogP contribution in [0.5, 0.6) is 0 Å². The number of rotatable bonds is 5. The molecule has 0 fully saturated rings. The van der Waals surface area contributed by atoms with E-state index in [1.165, 1.54) is 0 Å². The van der Waals surface area contributed by atoms with Gasteiger partial charge in [0, 0.05) is 11.3 Å². The SMILES string of the molecule is [2H]c1c([2H])c([2H])c(-c2c3ccccc3c(-c3c([2H])c([2H])c([2H])c([2H])c3[2H])c3cc(-c4cccc(-n5c(-c6c([2H])c([2H])c([2H])c([2H])c6[2H])nc6ccccc65)c4)ccc23)c([2H])c1[2H]. The van der Waals surface area contributed by atoms with Gasteiger partial charge in [0.05, 0.1) is 31.6 Å². The van der Waals surface area contributed by atoms with Crippen molar-refractivity contribution >= 4 is 32.6 Å². The maximum Gasteiger partial charge on any atom is 0.145 e. The molecule has 9 rings (SSSR count). The molecule has 0 radical (unpaired) electrons. The summed E-state index contributed by atoms with van der Waals surface area (Å²) in [4.78, 5) is 4.76. The van der Waals surface area contributed by atoms with E-state index in [9.17, 15) is 0 Å². The van der Waals surface area contributed by atoms with Crippen LogP contribution in [0.2, 0.25) is 0 Å². The van der Waals surface area contributed by atoms with Gasteiger partial charge in [0.1, 0.15) is 5.82 Å². The first kappa shape index (κ1) is 15.8. The lowest BCUT2D eigenvalue weighted by molar-refractivity contribution is 1.10. The number of aromatic nitrogens is 2. The van der Waals surface area contributed by atoms with Gasteiger partial charge in [0.25, 0.3) is 0 Å². The van der Waals surface area contributed by atoms with E-state index in [2.05, 4.69) is 0 Å². The molecule has 9 aromatic rings. The Morgan fingerprint density at radius 2 is 0.979 bits per heavy atom. The van der Waals surface area contributed by atoms with Crippen LogP contribution in [0.4, 0.5) is 0 Å². The molecule has 0 spiro atoms. The van der Waals surface area contributed by atoms with E-state index in [1.807, 2.05) is 18.2 Å². The highest BCUT2D eigenvalue weighted by atomic mass is 15.1. The second-order valence-corrected chi connectivity index (χ2v) is 10.9. The molecule has 0 aliphatic heterocycles. The highest BCUT2D eigenvalue weighted by molar-refractivity contribution is 6.22. The Labute approximate surface area is 294 Å². The molecule has 8 aromatic carbocycles. The number of benzene rings is 8. The zero-order chi connectivity index (χ0) is 44.2. The van der Waals surface area contributed by atoms with Crippen molar-refractivity contribution in [1.29, 1.82) is 0 Å². The molecule has 0 saturated heterocycles. The van der Waals surface area contributed by atoms with Crippen LogP contribution in [-0.4, -0.2) is 9.55 Å². The first-order valence-electron chi connectivity index (χ1n) is 22.3. The van der Waals surface area contributed by atoms with Crippen molar-refractivity contribution in [2.24, 2.45) is 0 Å². The lowest BCUT2D eigenvalue weighted by Crippen LogP contribution is -1.98. The second kappa shape index (κ2) is 11.3. The third-order valence-corrected chi connectivity index (χ3v) is 8.25. The van der Waals surface area contributed by atoms with E-state index in [1.54, 1.807) is 77.4 Å². The lowest BCUT2D eigenvalue weighted by atomic mass is 9.85. The number of para-hydroxylation sites is 2. The van der Waals surface area contributed by atoms with E-state index >= 15 is 0 Å². The fourth-order valence-corrected chi connectivity index (χ4v) is 6.29. The predicted octanol–water partition coefficient (Wildman–Crippen LogP) is 12.0. The van der Waals surface area contributed by atoms with Crippen molar-refractivity contribution in [1.82, 2.24) is 9.55 Å². The zero-order valence-corrected chi connectivity index (χ0v) is 24.6. The minimum absolute atomic E-state index is 0.0632. The van der Waals surface area contributed by atoms with E-state index in [-0.39, 0.29) is 28.1 Å². The number of fused-ring (bicyclic) bond motifs is 3. The Morgan fingerprint density at radius 1 is 0.426 bits per heavy atom. The summed E-state index contributed by atoms with van der Waals surface area (Å²) in [7, 11) is 0. The molecule has 0 atom stereocenters. The van der Waals surface area contributed by atoms with Gasteiger partial charge in [-0.3, -0.25) is 4.57 Å². The minimum Gasteiger partial charge on any atom is -0.292 e. The van der Waals surface area contributed by atoms with E-state index in [0.717, 1.165) is 0 Å². The van der Waals surface area contributed by atoms with Crippen LogP contribution in [0.3, 0.4) is 0 Å². The third kappa shape index (κ3) is 4.62. The summed E-state index contributed by atoms with van der Waals surface area (Å²) in [5.74, 6) is 0.122. The second-order valence-electron chi connectivity index (χ2n) is 10.9. The quantitative estimate of drug-likeness (QED) is 0.177. The van der Waals surface area contributed by atoms with Crippen molar-refractivity contribution in [2.45, 2.75) is 0 Å². The highest BCUT2D eigenvalue weighted by Gasteiger charge is 2.18. The van der Waals surface area contributed by atoms with Crippen LogP contribution in [0, 0.1) is 0 Å². The minimum atomic E-state index is -0.569. The van der Waals surface area contributed by atoms with Crippen LogP contribution < -0.4 is 0 Å². The molecule has 0 N–H and O–H groups in total. The fourth-order valence-electron chi connectivity index (χ4n) is 6.29. The molecule has 2 nitrogen and oxygen atoms in total. The normalized spacial score (nSPS) is 15.9. The Balaban J connectivity index is 1.38. The van der Waals surface area contributed by atoms with Crippen molar-refractivity contribution in [3.05, 3.63) is 182 Å². The van der Waals surface area contributed by atoms with E-state index in [0.29, 0.717) is 55.0 Å². The molecule has 0 unspecified atom stereocenters. The Bertz CT molecular complexity index is 3350. The predicted molar refractivity (Wildman–Crippen MR) is 198 cm³/mol. The summed E-state index contributed by atoms with van der Waals surface area (Å²) in [5, 5.41) is 1.62. The summed E-state index contributed by atoms with van der Waals surface area (Å²) in [6, 6.07) is 19.1. The van der Waals surface area contributed by atoms with Gasteiger partial charge < -0.3 is 0 Å². The third-order valence-electron chi connectivity index (χ3n) is 8.25. The van der Waals surface area contributed by atoms with Crippen LogP contribution in [0.25, 0.3) is 83.0 Å². The molecular weight excluding hydrogens is 569 g/mol. The molecule has 0 aliphatic carbocycles. The molecule has 2 heteroatoms. The maximum absolute atomic E-state index is 9.07. The summed E-state index contributed by atoms with van der Waals surface area (Å²) in [6.07, 6.45) is 0. The van der Waals surface area contributed by atoms with Crippen molar-refractivity contribution in [3.63, 3.8) is 0 Å². The largest absolute Gasteiger partial charge is 0.292 e. The Hall–Kier alpha value is -6.25. The smallest absolute Gasteiger partial charge is 0.145 e. The summed E-state index contributed by atoms with van der Waals surface area (Å²) in [5.41, 5.74) is 3.21. The van der Waals surface area contributed by atoms with Crippen LogP contribution in [0.1, 0.15) is 20.6 Å². The van der Waals surface area contributed by atoms with Gasteiger partial charge in [-0.25, -0.2) is 4.98 Å². The lowest BCUT2D eigenvalue weighted by Gasteiger charge is -2.19. The van der Waals surface area contributed by atoms with Gasteiger partial charge >= 0.3 is 0 Å². The molecule has 47 heavy (non-hydrogen) atoms. The van der Waals surface area contributed by atoms with E-state index < -0.39 is 90.6 Å². The van der Waals surface area contributed by atoms with Gasteiger partial charge in [-0.05, 0) is 85.3 Å². The summed E-state index contributed by atoms with van der Waals surface area (Å²) in [6.45, 7) is 0. The highest BCUT2D eigenvalue weighted by Crippen LogP contribution is 2.45. The molecule has 0 saturated carbocycles. The standard InChI is InChI=1S/C45H30N2/c1-4-15-31(16-5-1)43-37-23-10-11-24-38(37)44(32-17-6-2-7-18-32)40-30-35(27-28-39(40)43)34-21-14-22-36(29-34)47-42-26-13-12-25-41(42)46-45(47)33-19-8-3-9-20-33/h1-30H/i1D,2D,3D,4D,5D,6D,7D,8D,9D,15D,16D,17D,18D,19D,20D. The number of hydrogen-bond donors (Lipinski definition) is 0. The van der Waals surface area contributed by atoms with Gasteiger partial charge in [-0.1, -0.05) is 151 Å². The zero-order valence-electron chi connectivity index (χ0n) is 39.6. The topological polar surface area (TPSA) is 17.8 Å². The van der Waals surface area contributed by atoms with Crippen LogP contribution in [-0.2, 0) is 0 Å². The molecule has 0 amide bonds. The van der Waals surface area contributed by atoms with Gasteiger partial charge in [-0.2, -0.15) is 0 Å². The molecule has 0 aliphatic rings. The summed E-state index contributed by atoms with van der Waals surface area (Å²) >= 11 is 0. The molecule has 220 valence electrons. The van der Waals surface area contributed by atoms with Crippen molar-refractivity contribution in [2.75, 3.05) is 0 Å². The average Bonchev–Trinajstić information content (AvgIpc) is 3.67. The van der Waals surface area contributed by atoms with Gasteiger partial charge in [0.2, 0.25) is 0 Å². The van der Waals surface area contributed by atoms with E-state index in [4.69, 9.17) is 25.5 Å². The number of hydrogen-bond acceptors (Lipinski definition) is 1. The summed E-state index contributed by atoms with van der Waals surface area (Å²) < 4.78 is 131. The molecular formula is C45H30N2. The van der Waals surface area contributed by atoms with Crippen molar-refractivity contribution < 1.29 is 20.6 Å². The number of imidazole rings is 1. The Kier molecular flexibility index (Phi) is 3.80. The molecule has 1 aromatic heterocycles. The van der Waals surface area contributed by atoms with Crippen LogP contribution in [0.15, 0.2) is 182 Å². The molecule has 0 bridgehead atoms. The maximum atomic E-state index is 9.07. The monoisotopic (exact) mass is 613 g/mol. The van der Waals surface area contributed by atoms with Crippen LogP contribution >= 0.6 is 0 Å². The van der Waals surface area contributed by atoms with Gasteiger partial charge in [0.15, 0.2) is 0 Å². The number of nitrogens with zero attached hydrogens (tertiary/aromatic N) is 2. The fraction of sp³-hybridized carbons (Fsp3) is 0. The van der Waals surface area contributed by atoms with Gasteiger partial charge in [-0.15, -0.1) is 0 Å². The first-order valence-corrected chi connectivity index (χ1v) is 14.8. The Morgan fingerprint density at radius 3 is 1.66 bits per heavy atom. The first-order chi connectivity index (χ1) is 29.5. The average molecular weight is 614 g/mol. The molecule has 1 heterocycles. The van der Waals surface area contributed by atoms with Crippen molar-refractivity contribution in [3.8, 4) is 50.5 Å².